The van der Waals surface area contributed by atoms with E-state index in [1.165, 1.54) is 29.2 Å². The van der Waals surface area contributed by atoms with Gasteiger partial charge >= 0.3 is 12.2 Å². The molecule has 38 heavy (non-hydrogen) atoms. The van der Waals surface area contributed by atoms with Crippen LogP contribution in [0.2, 0.25) is 0 Å². The molecule has 0 radical (unpaired) electrons. The molecule has 1 fully saturated rings. The molecule has 0 saturated carbocycles. The standard InChI is InChI=1S/C27H30F4N6O/c1-18-5-4-8-23(28)24(18)34-12-9-21(10-13-34)36-17-20-15-35(14-11-32)33-25(20)37(26(36)38)16-19-6-2-3-7-22(19)27(29,30)31/h2-8,15,21H,9-14,16-17,32H2,1H3. The van der Waals surface area contributed by atoms with Gasteiger partial charge in [0.15, 0.2) is 5.82 Å². The van der Waals surface area contributed by atoms with Gasteiger partial charge in [0.1, 0.15) is 5.82 Å². The van der Waals surface area contributed by atoms with Gasteiger partial charge in [-0.2, -0.15) is 18.3 Å². The van der Waals surface area contributed by atoms with E-state index in [1.807, 2.05) is 24.1 Å². The molecule has 5 rings (SSSR count). The fraction of sp³-hybridized carbons (Fsp3) is 0.407. The first-order chi connectivity index (χ1) is 18.2. The number of aromatic nitrogens is 2. The molecule has 11 heteroatoms. The first kappa shape index (κ1) is 26.0. The van der Waals surface area contributed by atoms with Gasteiger partial charge in [0, 0.05) is 37.4 Å². The van der Waals surface area contributed by atoms with Gasteiger partial charge < -0.3 is 15.5 Å². The summed E-state index contributed by atoms with van der Waals surface area (Å²) in [6.45, 7) is 3.80. The van der Waals surface area contributed by atoms with Crippen LogP contribution in [0.3, 0.4) is 0 Å². The van der Waals surface area contributed by atoms with Crippen molar-refractivity contribution in [1.82, 2.24) is 14.7 Å². The number of para-hydroxylation sites is 1. The van der Waals surface area contributed by atoms with Gasteiger partial charge in [-0.1, -0.05) is 30.3 Å². The highest BCUT2D eigenvalue weighted by Gasteiger charge is 2.40. The zero-order chi connectivity index (χ0) is 27.0. The second-order valence-electron chi connectivity index (χ2n) is 9.80. The van der Waals surface area contributed by atoms with Crippen molar-refractivity contribution in [3.8, 4) is 0 Å². The van der Waals surface area contributed by atoms with Crippen molar-refractivity contribution in [3.05, 3.63) is 76.7 Å². The number of alkyl halides is 3. The molecule has 3 aromatic rings. The highest BCUT2D eigenvalue weighted by molar-refractivity contribution is 5.94. The number of rotatable bonds is 6. The Bertz CT molecular complexity index is 1290. The molecule has 0 bridgehead atoms. The van der Waals surface area contributed by atoms with Crippen LogP contribution in [0.15, 0.2) is 48.7 Å². The Morgan fingerprint density at radius 1 is 1.08 bits per heavy atom. The van der Waals surface area contributed by atoms with E-state index >= 15 is 0 Å². The van der Waals surface area contributed by atoms with Crippen molar-refractivity contribution in [1.29, 1.82) is 0 Å². The third-order valence-corrected chi connectivity index (χ3v) is 7.31. The predicted octanol–water partition coefficient (Wildman–Crippen LogP) is 4.92. The molecule has 0 unspecified atom stereocenters. The van der Waals surface area contributed by atoms with Crippen LogP contribution in [0.25, 0.3) is 0 Å². The van der Waals surface area contributed by atoms with E-state index in [-0.39, 0.29) is 30.0 Å². The van der Waals surface area contributed by atoms with Crippen LogP contribution >= 0.6 is 0 Å². The van der Waals surface area contributed by atoms with E-state index < -0.39 is 11.7 Å². The number of benzene rings is 2. The lowest BCUT2D eigenvalue weighted by molar-refractivity contribution is -0.138. The fourth-order valence-corrected chi connectivity index (χ4v) is 5.49. The van der Waals surface area contributed by atoms with Crippen LogP contribution in [-0.4, -0.2) is 46.4 Å². The number of fused-ring (bicyclic) bond motifs is 1. The number of hydrogen-bond acceptors (Lipinski definition) is 4. The van der Waals surface area contributed by atoms with Gasteiger partial charge in [-0.15, -0.1) is 0 Å². The quantitative estimate of drug-likeness (QED) is 0.460. The van der Waals surface area contributed by atoms with Crippen LogP contribution in [-0.2, 0) is 25.8 Å². The molecule has 202 valence electrons. The summed E-state index contributed by atoms with van der Waals surface area (Å²) in [5.74, 6) is 0.0834. The summed E-state index contributed by atoms with van der Waals surface area (Å²) in [5, 5.41) is 4.50. The number of halogens is 4. The minimum atomic E-state index is -4.55. The molecule has 3 heterocycles. The maximum Gasteiger partial charge on any atom is 0.416 e. The largest absolute Gasteiger partial charge is 0.416 e. The van der Waals surface area contributed by atoms with Gasteiger partial charge in [-0.05, 0) is 43.0 Å². The lowest BCUT2D eigenvalue weighted by atomic mass is 10.00. The van der Waals surface area contributed by atoms with Crippen LogP contribution in [0.5, 0.6) is 0 Å². The van der Waals surface area contributed by atoms with Gasteiger partial charge in [-0.3, -0.25) is 9.58 Å². The van der Waals surface area contributed by atoms with Crippen molar-refractivity contribution in [3.63, 3.8) is 0 Å². The number of carbonyl (C=O) groups is 1. The zero-order valence-corrected chi connectivity index (χ0v) is 21.1. The van der Waals surface area contributed by atoms with Gasteiger partial charge in [0.05, 0.1) is 30.9 Å². The maximum absolute atomic E-state index is 14.5. The van der Waals surface area contributed by atoms with E-state index in [0.717, 1.165) is 17.2 Å². The SMILES string of the molecule is Cc1cccc(F)c1N1CCC(N2Cc3cn(CCN)nc3N(Cc3ccccc3C(F)(F)F)C2=O)CC1. The van der Waals surface area contributed by atoms with Crippen molar-refractivity contribution >= 4 is 17.5 Å². The summed E-state index contributed by atoms with van der Waals surface area (Å²) in [5.41, 5.74) is 7.10. The Labute approximate surface area is 218 Å². The maximum atomic E-state index is 14.5. The first-order valence-corrected chi connectivity index (χ1v) is 12.7. The summed E-state index contributed by atoms with van der Waals surface area (Å²) in [6.07, 6.45) is -1.52. The summed E-state index contributed by atoms with van der Waals surface area (Å²) in [7, 11) is 0. The van der Waals surface area contributed by atoms with E-state index in [0.29, 0.717) is 57.1 Å². The Hall–Kier alpha value is -3.60. The van der Waals surface area contributed by atoms with Crippen molar-refractivity contribution in [2.75, 3.05) is 29.4 Å². The van der Waals surface area contributed by atoms with E-state index in [1.54, 1.807) is 15.6 Å². The Balaban J connectivity index is 1.42. The van der Waals surface area contributed by atoms with Crippen LogP contribution in [0.4, 0.5) is 33.9 Å². The average molecular weight is 531 g/mol. The monoisotopic (exact) mass is 530 g/mol. The van der Waals surface area contributed by atoms with Gasteiger partial charge in [0.2, 0.25) is 0 Å². The summed E-state index contributed by atoms with van der Waals surface area (Å²) in [4.78, 5) is 18.9. The number of anilines is 2. The van der Waals surface area contributed by atoms with E-state index in [4.69, 9.17) is 5.73 Å². The summed E-state index contributed by atoms with van der Waals surface area (Å²) >= 11 is 0. The normalized spacial score (nSPS) is 16.8. The van der Waals surface area contributed by atoms with Crippen LogP contribution < -0.4 is 15.5 Å². The number of carbonyl (C=O) groups excluding carboxylic acids is 1. The molecule has 1 saturated heterocycles. The number of nitrogens with zero attached hydrogens (tertiary/aromatic N) is 5. The van der Waals surface area contributed by atoms with Crippen LogP contribution in [0.1, 0.15) is 35.1 Å². The molecule has 2 aliphatic heterocycles. The second kappa shape index (κ2) is 10.3. The molecule has 2 N–H and O–H groups in total. The van der Waals surface area contributed by atoms with Crippen molar-refractivity contribution in [2.45, 2.75) is 51.6 Å². The summed E-state index contributed by atoms with van der Waals surface area (Å²) in [6, 6.07) is 9.76. The summed E-state index contributed by atoms with van der Waals surface area (Å²) < 4.78 is 57.3. The number of piperidine rings is 1. The Morgan fingerprint density at radius 2 is 1.82 bits per heavy atom. The smallest absolute Gasteiger partial charge is 0.369 e. The lowest BCUT2D eigenvalue weighted by Crippen LogP contribution is -2.54. The number of hydrogen-bond donors (Lipinski definition) is 1. The van der Waals surface area contributed by atoms with Gasteiger partial charge in [0.25, 0.3) is 0 Å². The minimum absolute atomic E-state index is 0.000581. The molecule has 0 atom stereocenters. The molecular weight excluding hydrogens is 500 g/mol. The van der Waals surface area contributed by atoms with Crippen LogP contribution in [0, 0.1) is 12.7 Å². The third-order valence-electron chi connectivity index (χ3n) is 7.31. The minimum Gasteiger partial charge on any atom is -0.369 e. The topological polar surface area (TPSA) is 70.6 Å². The molecule has 7 nitrogen and oxygen atoms in total. The first-order valence-electron chi connectivity index (χ1n) is 12.7. The second-order valence-corrected chi connectivity index (χ2v) is 9.80. The van der Waals surface area contributed by atoms with E-state index in [2.05, 4.69) is 5.10 Å². The highest BCUT2D eigenvalue weighted by Crippen LogP contribution is 2.37. The predicted molar refractivity (Wildman–Crippen MR) is 136 cm³/mol. The number of amides is 2. The highest BCUT2D eigenvalue weighted by atomic mass is 19.4. The third kappa shape index (κ3) is 4.94. The molecule has 2 amide bonds. The molecular formula is C27H30F4N6O. The molecule has 1 aromatic heterocycles. The fourth-order valence-electron chi connectivity index (χ4n) is 5.49. The Kier molecular flexibility index (Phi) is 7.04. The molecule has 0 spiro atoms. The molecule has 0 aliphatic carbocycles. The molecule has 2 aromatic carbocycles. The Morgan fingerprint density at radius 3 is 2.50 bits per heavy atom. The number of aryl methyl sites for hydroxylation is 1. The molecule has 2 aliphatic rings. The van der Waals surface area contributed by atoms with E-state index in [9.17, 15) is 22.4 Å². The van der Waals surface area contributed by atoms with Crippen molar-refractivity contribution < 1.29 is 22.4 Å². The lowest BCUT2D eigenvalue weighted by Gasteiger charge is -2.43. The number of urea groups is 1. The average Bonchev–Trinajstić information content (AvgIpc) is 3.28. The number of nitrogens with two attached hydrogens (primary N) is 1. The van der Waals surface area contributed by atoms with Gasteiger partial charge in [-0.25, -0.2) is 9.18 Å². The zero-order valence-electron chi connectivity index (χ0n) is 21.1. The van der Waals surface area contributed by atoms with Crippen molar-refractivity contribution in [2.24, 2.45) is 5.73 Å².